The Labute approximate surface area is 192 Å². The molecule has 1 N–H and O–H groups in total. The number of nitrogens with one attached hydrogen (secondary N) is 1. The van der Waals surface area contributed by atoms with Crippen molar-refractivity contribution in [3.8, 4) is 45.0 Å². The van der Waals surface area contributed by atoms with Crippen molar-refractivity contribution in [2.75, 3.05) is 0 Å². The van der Waals surface area contributed by atoms with Gasteiger partial charge in [0.25, 0.3) is 0 Å². The fourth-order valence-corrected chi connectivity index (χ4v) is 4.15. The molecular weight excluding hydrogens is 402 g/mol. The average molecular weight is 424 g/mol. The molecule has 1 heterocycles. The maximum atomic E-state index is 4.74. The number of fused-ring (bicyclic) bond motifs is 1. The molecule has 156 valence electrons. The summed E-state index contributed by atoms with van der Waals surface area (Å²) in [6.07, 6.45) is 0. The van der Waals surface area contributed by atoms with Gasteiger partial charge >= 0.3 is 0 Å². The molecule has 0 aliphatic heterocycles. The second kappa shape index (κ2) is 8.21. The number of hydrogen-bond donors (Lipinski definition) is 1. The average Bonchev–Trinajstić information content (AvgIpc) is 3.40. The Morgan fingerprint density at radius 1 is 0.424 bits per heavy atom. The van der Waals surface area contributed by atoms with E-state index < -0.39 is 0 Å². The first-order valence-corrected chi connectivity index (χ1v) is 11.0. The Kier molecular flexibility index (Phi) is 4.78. The third-order valence-electron chi connectivity index (χ3n) is 5.98. The van der Waals surface area contributed by atoms with Gasteiger partial charge in [-0.15, -0.1) is 0 Å². The highest BCUT2D eigenvalue weighted by Gasteiger charge is 2.09. The fourth-order valence-electron chi connectivity index (χ4n) is 4.15. The molecule has 6 rings (SSSR count). The van der Waals surface area contributed by atoms with Gasteiger partial charge in [0.15, 0.2) is 11.6 Å². The van der Waals surface area contributed by atoms with Gasteiger partial charge in [0, 0.05) is 11.1 Å². The van der Waals surface area contributed by atoms with Crippen LogP contribution in [0.1, 0.15) is 0 Å². The van der Waals surface area contributed by atoms with Crippen molar-refractivity contribution in [1.29, 1.82) is 0 Å². The largest absolute Gasteiger partial charge is 0.259 e. The van der Waals surface area contributed by atoms with Gasteiger partial charge in [0.05, 0.1) is 0 Å². The quantitative estimate of drug-likeness (QED) is 0.317. The van der Waals surface area contributed by atoms with Gasteiger partial charge in [-0.05, 0) is 39.1 Å². The number of benzene rings is 5. The van der Waals surface area contributed by atoms with Crippen molar-refractivity contribution in [3.05, 3.63) is 121 Å². The van der Waals surface area contributed by atoms with Crippen LogP contribution in [-0.2, 0) is 0 Å². The third kappa shape index (κ3) is 3.81. The number of nitrogens with zero attached hydrogens (tertiary/aromatic N) is 2. The molecule has 0 amide bonds. The summed E-state index contributed by atoms with van der Waals surface area (Å²) < 4.78 is 0. The maximum Gasteiger partial charge on any atom is 0.181 e. The highest BCUT2D eigenvalue weighted by Crippen LogP contribution is 2.28. The van der Waals surface area contributed by atoms with Crippen molar-refractivity contribution in [3.63, 3.8) is 0 Å². The number of aromatic nitrogens is 3. The van der Waals surface area contributed by atoms with E-state index in [0.717, 1.165) is 17.0 Å². The van der Waals surface area contributed by atoms with E-state index in [1.54, 1.807) is 0 Å². The minimum Gasteiger partial charge on any atom is -0.259 e. The van der Waals surface area contributed by atoms with Crippen LogP contribution in [0.4, 0.5) is 0 Å². The second-order valence-electron chi connectivity index (χ2n) is 8.09. The van der Waals surface area contributed by atoms with Crippen molar-refractivity contribution in [2.24, 2.45) is 0 Å². The lowest BCUT2D eigenvalue weighted by Crippen LogP contribution is -1.84. The van der Waals surface area contributed by atoms with Crippen molar-refractivity contribution in [2.45, 2.75) is 0 Å². The first-order valence-electron chi connectivity index (χ1n) is 11.0. The molecule has 3 nitrogen and oxygen atoms in total. The van der Waals surface area contributed by atoms with Crippen LogP contribution in [0.2, 0.25) is 0 Å². The minimum absolute atomic E-state index is 0.705. The topological polar surface area (TPSA) is 41.6 Å². The molecule has 0 saturated heterocycles. The zero-order chi connectivity index (χ0) is 22.0. The number of hydrogen-bond acceptors (Lipinski definition) is 2. The van der Waals surface area contributed by atoms with Crippen molar-refractivity contribution in [1.82, 2.24) is 15.2 Å². The number of aromatic amines is 1. The lowest BCUT2D eigenvalue weighted by molar-refractivity contribution is 1.10. The molecule has 0 aliphatic rings. The molecule has 5 aromatic carbocycles. The van der Waals surface area contributed by atoms with E-state index in [1.165, 1.54) is 33.0 Å². The van der Waals surface area contributed by atoms with E-state index >= 15 is 0 Å². The van der Waals surface area contributed by atoms with E-state index in [1.807, 2.05) is 18.2 Å². The van der Waals surface area contributed by atoms with E-state index in [2.05, 4.69) is 113 Å². The molecular formula is C30H21N3. The van der Waals surface area contributed by atoms with E-state index in [0.29, 0.717) is 5.82 Å². The van der Waals surface area contributed by atoms with Gasteiger partial charge in [0.2, 0.25) is 0 Å². The first-order chi connectivity index (χ1) is 16.3. The zero-order valence-electron chi connectivity index (χ0n) is 17.9. The maximum absolute atomic E-state index is 4.74. The monoisotopic (exact) mass is 423 g/mol. The van der Waals surface area contributed by atoms with Crippen LogP contribution < -0.4 is 0 Å². The van der Waals surface area contributed by atoms with Gasteiger partial charge in [-0.2, -0.15) is 5.10 Å². The lowest BCUT2D eigenvalue weighted by Gasteiger charge is -2.06. The summed E-state index contributed by atoms with van der Waals surface area (Å²) >= 11 is 0. The third-order valence-corrected chi connectivity index (χ3v) is 5.98. The predicted molar refractivity (Wildman–Crippen MR) is 136 cm³/mol. The summed E-state index contributed by atoms with van der Waals surface area (Å²) in [4.78, 5) is 4.74. The molecule has 0 fully saturated rings. The van der Waals surface area contributed by atoms with Crippen LogP contribution in [0.5, 0.6) is 0 Å². The minimum atomic E-state index is 0.705. The molecule has 0 radical (unpaired) electrons. The van der Waals surface area contributed by atoms with E-state index in [4.69, 9.17) is 4.98 Å². The molecule has 0 saturated carbocycles. The molecule has 0 bridgehead atoms. The molecule has 0 unspecified atom stereocenters. The highest BCUT2D eigenvalue weighted by molar-refractivity contribution is 5.86. The molecule has 0 spiro atoms. The highest BCUT2D eigenvalue weighted by atomic mass is 15.2. The molecule has 33 heavy (non-hydrogen) atoms. The summed E-state index contributed by atoms with van der Waals surface area (Å²) in [5, 5.41) is 9.94. The Morgan fingerprint density at radius 3 is 1.61 bits per heavy atom. The fraction of sp³-hybridized carbons (Fsp3) is 0. The summed E-state index contributed by atoms with van der Waals surface area (Å²) in [5.41, 5.74) is 6.83. The molecule has 0 atom stereocenters. The molecule has 1 aromatic heterocycles. The predicted octanol–water partition coefficient (Wildman–Crippen LogP) is 7.63. The van der Waals surface area contributed by atoms with Crippen LogP contribution in [0.3, 0.4) is 0 Å². The molecule has 6 aromatic rings. The molecule has 0 aliphatic carbocycles. The Hall–Kier alpha value is -4.50. The van der Waals surface area contributed by atoms with Crippen molar-refractivity contribution >= 4 is 10.8 Å². The van der Waals surface area contributed by atoms with Gasteiger partial charge in [-0.3, -0.25) is 5.10 Å². The van der Waals surface area contributed by atoms with Crippen LogP contribution >= 0.6 is 0 Å². The van der Waals surface area contributed by atoms with Gasteiger partial charge in [-0.1, -0.05) is 115 Å². The number of H-pyrrole nitrogens is 1. The smallest absolute Gasteiger partial charge is 0.181 e. The number of rotatable bonds is 4. The first kappa shape index (κ1) is 19.2. The Balaban J connectivity index is 1.24. The van der Waals surface area contributed by atoms with Gasteiger partial charge in [-0.25, -0.2) is 4.98 Å². The summed E-state index contributed by atoms with van der Waals surface area (Å²) in [6, 6.07) is 42.2. The van der Waals surface area contributed by atoms with Crippen LogP contribution in [0.25, 0.3) is 55.8 Å². The standard InChI is InChI=1S/C30H21N3/c1-2-6-21(7-3-1)23-10-12-24(13-11-23)25-14-17-26(18-15-25)29-31-30(33-32-29)28-19-16-22-8-4-5-9-27(22)20-28/h1-20H,(H,31,32,33). The summed E-state index contributed by atoms with van der Waals surface area (Å²) in [5.74, 6) is 1.47. The van der Waals surface area contributed by atoms with Crippen LogP contribution in [0, 0.1) is 0 Å². The summed E-state index contributed by atoms with van der Waals surface area (Å²) in [7, 11) is 0. The Morgan fingerprint density at radius 2 is 0.939 bits per heavy atom. The van der Waals surface area contributed by atoms with Crippen molar-refractivity contribution < 1.29 is 0 Å². The normalized spacial score (nSPS) is 11.0. The van der Waals surface area contributed by atoms with E-state index in [-0.39, 0.29) is 0 Å². The van der Waals surface area contributed by atoms with Gasteiger partial charge in [0.1, 0.15) is 0 Å². The lowest BCUT2D eigenvalue weighted by atomic mass is 9.99. The van der Waals surface area contributed by atoms with Crippen LogP contribution in [0.15, 0.2) is 121 Å². The Bertz CT molecular complexity index is 1530. The van der Waals surface area contributed by atoms with Crippen LogP contribution in [-0.4, -0.2) is 15.2 Å². The van der Waals surface area contributed by atoms with Gasteiger partial charge < -0.3 is 0 Å². The zero-order valence-corrected chi connectivity index (χ0v) is 17.9. The SMILES string of the molecule is c1ccc(-c2ccc(-c3ccc(-c4nc(-c5ccc6ccccc6c5)n[nH]4)cc3)cc2)cc1. The van der Waals surface area contributed by atoms with E-state index in [9.17, 15) is 0 Å². The molecule has 3 heteroatoms. The second-order valence-corrected chi connectivity index (χ2v) is 8.09. The summed E-state index contributed by atoms with van der Waals surface area (Å²) in [6.45, 7) is 0.